The predicted molar refractivity (Wildman–Crippen MR) is 78.9 cm³/mol. The fourth-order valence-electron chi connectivity index (χ4n) is 2.40. The van der Waals surface area contributed by atoms with E-state index >= 15 is 0 Å². The molecule has 7 nitrogen and oxygen atoms in total. The molecule has 0 N–H and O–H groups in total. The second-order valence-electron chi connectivity index (χ2n) is 5.25. The molecule has 1 unspecified atom stereocenters. The molecule has 22 heavy (non-hydrogen) atoms. The van der Waals surface area contributed by atoms with Crippen LogP contribution in [-0.4, -0.2) is 54.0 Å². The lowest BCUT2D eigenvalue weighted by Crippen LogP contribution is -2.38. The maximum Gasteiger partial charge on any atom is 0.311 e. The molecule has 8 heteroatoms. The minimum atomic E-state index is -3.05. The summed E-state index contributed by atoms with van der Waals surface area (Å²) in [5.41, 5.74) is 0.722. The van der Waals surface area contributed by atoms with Crippen LogP contribution >= 0.6 is 0 Å². The molecule has 2 heterocycles. The lowest BCUT2D eigenvalue weighted by molar-refractivity contribution is 0.0708. The number of benzene rings is 1. The predicted octanol–water partition coefficient (Wildman–Crippen LogP) is 0.996. The van der Waals surface area contributed by atoms with Crippen molar-refractivity contribution in [1.82, 2.24) is 15.1 Å². The average Bonchev–Trinajstić information content (AvgIpc) is 3.13. The SMILES string of the molecule is CN(C(=O)c1nnc(-c2ccccc2)o1)C1CCS(=O)(=O)C1. The molecular formula is C14H15N3O4S. The van der Waals surface area contributed by atoms with Crippen LogP contribution in [0.3, 0.4) is 0 Å². The van der Waals surface area contributed by atoms with Gasteiger partial charge in [-0.2, -0.15) is 0 Å². The van der Waals surface area contributed by atoms with Gasteiger partial charge in [0.25, 0.3) is 0 Å². The van der Waals surface area contributed by atoms with E-state index in [0.29, 0.717) is 6.42 Å². The molecule has 116 valence electrons. The number of sulfone groups is 1. The summed E-state index contributed by atoms with van der Waals surface area (Å²) in [7, 11) is -1.50. The Balaban J connectivity index is 1.77. The van der Waals surface area contributed by atoms with Crippen LogP contribution in [0.5, 0.6) is 0 Å². The first-order valence-corrected chi connectivity index (χ1v) is 8.65. The third-order valence-corrected chi connectivity index (χ3v) is 5.46. The van der Waals surface area contributed by atoms with Crippen molar-refractivity contribution in [2.45, 2.75) is 12.5 Å². The van der Waals surface area contributed by atoms with Crippen molar-refractivity contribution in [1.29, 1.82) is 0 Å². The first-order chi connectivity index (χ1) is 10.5. The van der Waals surface area contributed by atoms with Gasteiger partial charge in [0.2, 0.25) is 5.89 Å². The van der Waals surface area contributed by atoms with E-state index in [9.17, 15) is 13.2 Å². The monoisotopic (exact) mass is 321 g/mol. The zero-order chi connectivity index (χ0) is 15.7. The molecule has 1 atom stereocenters. The second kappa shape index (κ2) is 5.53. The highest BCUT2D eigenvalue weighted by atomic mass is 32.2. The highest BCUT2D eigenvalue weighted by molar-refractivity contribution is 7.91. The summed E-state index contributed by atoms with van der Waals surface area (Å²) in [5, 5.41) is 7.63. The van der Waals surface area contributed by atoms with Crippen LogP contribution in [0.25, 0.3) is 11.5 Å². The van der Waals surface area contributed by atoms with E-state index in [1.54, 1.807) is 19.2 Å². The fourth-order valence-corrected chi connectivity index (χ4v) is 4.18. The Hall–Kier alpha value is -2.22. The number of nitrogens with zero attached hydrogens (tertiary/aromatic N) is 3. The number of aromatic nitrogens is 2. The molecular weight excluding hydrogens is 306 g/mol. The highest BCUT2D eigenvalue weighted by Gasteiger charge is 2.34. The standard InChI is InChI=1S/C14H15N3O4S/c1-17(11-7-8-22(19,20)9-11)14(18)13-16-15-12(21-13)10-5-3-2-4-6-10/h2-6,11H,7-9H2,1H3. The van der Waals surface area contributed by atoms with E-state index in [1.165, 1.54) is 4.90 Å². The van der Waals surface area contributed by atoms with Crippen molar-refractivity contribution in [2.75, 3.05) is 18.6 Å². The van der Waals surface area contributed by atoms with Crippen molar-refractivity contribution >= 4 is 15.7 Å². The molecule has 1 aliphatic heterocycles. The molecule has 0 radical (unpaired) electrons. The summed E-state index contributed by atoms with van der Waals surface area (Å²) in [6.07, 6.45) is 0.435. The molecule has 0 bridgehead atoms. The van der Waals surface area contributed by atoms with Gasteiger partial charge >= 0.3 is 11.8 Å². The third kappa shape index (κ3) is 2.87. The van der Waals surface area contributed by atoms with E-state index in [2.05, 4.69) is 10.2 Å². The van der Waals surface area contributed by atoms with Gasteiger partial charge in [-0.15, -0.1) is 10.2 Å². The van der Waals surface area contributed by atoms with Crippen LogP contribution in [-0.2, 0) is 9.84 Å². The van der Waals surface area contributed by atoms with Crippen molar-refractivity contribution in [3.05, 3.63) is 36.2 Å². The van der Waals surface area contributed by atoms with Crippen molar-refractivity contribution in [2.24, 2.45) is 0 Å². The third-order valence-electron chi connectivity index (χ3n) is 3.71. The lowest BCUT2D eigenvalue weighted by Gasteiger charge is -2.21. The normalized spacial score (nSPS) is 20.0. The largest absolute Gasteiger partial charge is 0.412 e. The van der Waals surface area contributed by atoms with E-state index < -0.39 is 15.7 Å². The molecule has 1 aromatic heterocycles. The Labute approximate surface area is 127 Å². The number of carbonyl (C=O) groups excluding carboxylic acids is 1. The molecule has 1 saturated heterocycles. The molecule has 2 aromatic rings. The molecule has 1 aliphatic rings. The van der Waals surface area contributed by atoms with E-state index in [1.807, 2.05) is 18.2 Å². The molecule has 0 spiro atoms. The van der Waals surface area contributed by atoms with Gasteiger partial charge in [0, 0.05) is 18.7 Å². The zero-order valence-corrected chi connectivity index (χ0v) is 12.8. The number of carbonyl (C=O) groups is 1. The Morgan fingerprint density at radius 2 is 2.00 bits per heavy atom. The maximum atomic E-state index is 12.3. The minimum absolute atomic E-state index is 0.0189. The summed E-state index contributed by atoms with van der Waals surface area (Å²) in [6.45, 7) is 0. The van der Waals surface area contributed by atoms with Crippen molar-refractivity contribution in [3.63, 3.8) is 0 Å². The molecule has 1 fully saturated rings. The van der Waals surface area contributed by atoms with Gasteiger partial charge in [-0.25, -0.2) is 8.42 Å². The molecule has 1 aromatic carbocycles. The van der Waals surface area contributed by atoms with Crippen molar-refractivity contribution < 1.29 is 17.6 Å². The van der Waals surface area contributed by atoms with Crippen LogP contribution < -0.4 is 0 Å². The van der Waals surface area contributed by atoms with Gasteiger partial charge in [0.15, 0.2) is 9.84 Å². The summed E-state index contributed by atoms with van der Waals surface area (Å²) in [4.78, 5) is 13.7. The van der Waals surface area contributed by atoms with Crippen LogP contribution in [0.4, 0.5) is 0 Å². The Morgan fingerprint density at radius 1 is 1.27 bits per heavy atom. The summed E-state index contributed by atoms with van der Waals surface area (Å²) in [5.74, 6) is -0.248. The van der Waals surface area contributed by atoms with Gasteiger partial charge in [-0.3, -0.25) is 4.79 Å². The zero-order valence-electron chi connectivity index (χ0n) is 12.0. The number of hydrogen-bond donors (Lipinski definition) is 0. The molecule has 0 aliphatic carbocycles. The minimum Gasteiger partial charge on any atom is -0.412 e. The van der Waals surface area contributed by atoms with Gasteiger partial charge in [0.05, 0.1) is 11.5 Å². The fraction of sp³-hybridized carbons (Fsp3) is 0.357. The summed E-state index contributed by atoms with van der Waals surface area (Å²) >= 11 is 0. The molecule has 0 saturated carbocycles. The Bertz CT molecular complexity index is 785. The highest BCUT2D eigenvalue weighted by Crippen LogP contribution is 2.20. The molecule has 1 amide bonds. The first kappa shape index (κ1) is 14.7. The average molecular weight is 321 g/mol. The van der Waals surface area contributed by atoms with Crippen LogP contribution in [0.15, 0.2) is 34.7 Å². The second-order valence-corrected chi connectivity index (χ2v) is 7.48. The lowest BCUT2D eigenvalue weighted by atomic mass is 10.2. The topological polar surface area (TPSA) is 93.4 Å². The van der Waals surface area contributed by atoms with Gasteiger partial charge < -0.3 is 9.32 Å². The van der Waals surface area contributed by atoms with Crippen molar-refractivity contribution in [3.8, 4) is 11.5 Å². The summed E-state index contributed by atoms with van der Waals surface area (Å²) in [6, 6.07) is 8.78. The first-order valence-electron chi connectivity index (χ1n) is 6.83. The molecule has 3 rings (SSSR count). The Morgan fingerprint density at radius 3 is 2.64 bits per heavy atom. The number of amides is 1. The van der Waals surface area contributed by atoms with E-state index in [4.69, 9.17) is 4.42 Å². The van der Waals surface area contributed by atoms with Gasteiger partial charge in [-0.05, 0) is 18.6 Å². The van der Waals surface area contributed by atoms with Crippen LogP contribution in [0.1, 0.15) is 17.1 Å². The van der Waals surface area contributed by atoms with Crippen LogP contribution in [0, 0.1) is 0 Å². The van der Waals surface area contributed by atoms with E-state index in [0.717, 1.165) is 5.56 Å². The van der Waals surface area contributed by atoms with E-state index in [-0.39, 0.29) is 29.3 Å². The maximum absolute atomic E-state index is 12.3. The number of hydrogen-bond acceptors (Lipinski definition) is 6. The van der Waals surface area contributed by atoms with Gasteiger partial charge in [-0.1, -0.05) is 18.2 Å². The summed E-state index contributed by atoms with van der Waals surface area (Å²) < 4.78 is 28.4. The quantitative estimate of drug-likeness (QED) is 0.837. The number of rotatable bonds is 3. The van der Waals surface area contributed by atoms with Crippen LogP contribution in [0.2, 0.25) is 0 Å². The van der Waals surface area contributed by atoms with Gasteiger partial charge in [0.1, 0.15) is 0 Å². The smallest absolute Gasteiger partial charge is 0.311 e. The Kier molecular flexibility index (Phi) is 3.69.